The molecule has 0 aliphatic heterocycles. The van der Waals surface area contributed by atoms with E-state index in [0.29, 0.717) is 18.5 Å². The first-order valence-electron chi connectivity index (χ1n) is 11.2. The molecule has 1 N–H and O–H groups in total. The maximum absolute atomic E-state index is 12.7. The van der Waals surface area contributed by atoms with Gasteiger partial charge in [0.15, 0.2) is 0 Å². The molecule has 2 heterocycles. The summed E-state index contributed by atoms with van der Waals surface area (Å²) in [6.45, 7) is 0.424. The summed E-state index contributed by atoms with van der Waals surface area (Å²) in [5, 5.41) is 4.17. The molecule has 1 amide bonds. The Morgan fingerprint density at radius 3 is 2.72 bits per heavy atom. The molecule has 162 valence electrons. The molecule has 1 fully saturated rings. The highest BCUT2D eigenvalue weighted by Crippen LogP contribution is 2.35. The summed E-state index contributed by atoms with van der Waals surface area (Å²) in [6, 6.07) is 19.7. The van der Waals surface area contributed by atoms with Gasteiger partial charge in [-0.1, -0.05) is 30.7 Å². The number of aromatic nitrogens is 1. The predicted molar refractivity (Wildman–Crippen MR) is 129 cm³/mol. The fourth-order valence-corrected chi connectivity index (χ4v) is 5.15. The van der Waals surface area contributed by atoms with Crippen LogP contribution in [0.4, 0.5) is 0 Å². The Balaban J connectivity index is 1.42. The number of thioether (sulfide) groups is 1. The van der Waals surface area contributed by atoms with E-state index in [1.807, 2.05) is 60.4 Å². The third-order valence-corrected chi connectivity index (χ3v) is 7.33. The van der Waals surface area contributed by atoms with Crippen LogP contribution in [-0.4, -0.2) is 16.6 Å². The molecule has 1 aliphatic rings. The summed E-state index contributed by atoms with van der Waals surface area (Å²) in [5.74, 6) is 2.82. The number of pyridine rings is 1. The fourth-order valence-electron chi connectivity index (χ4n) is 4.03. The highest BCUT2D eigenvalue weighted by Gasteiger charge is 2.19. The molecular weight excluding hydrogens is 416 g/mol. The summed E-state index contributed by atoms with van der Waals surface area (Å²) < 4.78 is 6.27. The van der Waals surface area contributed by atoms with Crippen LogP contribution < -0.4 is 5.32 Å². The van der Waals surface area contributed by atoms with Gasteiger partial charge in [-0.2, -0.15) is 0 Å². The van der Waals surface area contributed by atoms with Crippen molar-refractivity contribution in [2.24, 2.45) is 5.92 Å². The molecular formula is C27H26N2O2S. The lowest BCUT2D eigenvalue weighted by Gasteiger charge is -2.24. The van der Waals surface area contributed by atoms with E-state index in [0.717, 1.165) is 33.8 Å². The van der Waals surface area contributed by atoms with Crippen LogP contribution in [-0.2, 0) is 13.0 Å². The smallest absolute Gasteiger partial charge is 0.251 e. The highest BCUT2D eigenvalue weighted by molar-refractivity contribution is 7.99. The van der Waals surface area contributed by atoms with Crippen molar-refractivity contribution in [3.63, 3.8) is 0 Å². The van der Waals surface area contributed by atoms with E-state index in [-0.39, 0.29) is 5.91 Å². The van der Waals surface area contributed by atoms with Crippen molar-refractivity contribution in [2.75, 3.05) is 5.75 Å². The Labute approximate surface area is 192 Å². The Hall–Kier alpha value is -3.05. The van der Waals surface area contributed by atoms with E-state index in [9.17, 15) is 4.79 Å². The van der Waals surface area contributed by atoms with E-state index in [1.54, 1.807) is 6.20 Å². The zero-order chi connectivity index (χ0) is 21.8. The van der Waals surface area contributed by atoms with Crippen molar-refractivity contribution in [2.45, 2.75) is 37.1 Å². The molecule has 32 heavy (non-hydrogen) atoms. The number of nitrogens with one attached hydrogen (secondary N) is 1. The average Bonchev–Trinajstić information content (AvgIpc) is 3.14. The summed E-state index contributed by atoms with van der Waals surface area (Å²) in [6.07, 6.45) is 8.35. The number of hydrogen-bond donors (Lipinski definition) is 1. The average molecular weight is 443 g/mol. The van der Waals surface area contributed by atoms with Crippen LogP contribution in [0, 0.1) is 5.92 Å². The van der Waals surface area contributed by atoms with Crippen LogP contribution in [0.15, 0.2) is 82.4 Å². The van der Waals surface area contributed by atoms with E-state index in [4.69, 9.17) is 4.42 Å². The monoisotopic (exact) mass is 442 g/mol. The maximum atomic E-state index is 12.7. The van der Waals surface area contributed by atoms with Crippen LogP contribution in [0.25, 0.3) is 11.0 Å². The summed E-state index contributed by atoms with van der Waals surface area (Å²) in [5.41, 5.74) is 3.65. The van der Waals surface area contributed by atoms with Crippen molar-refractivity contribution in [1.82, 2.24) is 10.3 Å². The maximum Gasteiger partial charge on any atom is 0.251 e. The number of carbonyl (C=O) groups is 1. The predicted octanol–water partition coefficient (Wildman–Crippen LogP) is 6.24. The molecule has 2 aromatic carbocycles. The Morgan fingerprint density at radius 1 is 1.09 bits per heavy atom. The molecule has 1 saturated carbocycles. The number of benzene rings is 2. The Morgan fingerprint density at radius 2 is 1.97 bits per heavy atom. The van der Waals surface area contributed by atoms with Crippen molar-refractivity contribution >= 4 is 28.6 Å². The number of hydrogen-bond acceptors (Lipinski definition) is 4. The van der Waals surface area contributed by atoms with Crippen LogP contribution in [0.2, 0.25) is 0 Å². The largest absolute Gasteiger partial charge is 0.460 e. The van der Waals surface area contributed by atoms with Crippen LogP contribution in [0.5, 0.6) is 0 Å². The van der Waals surface area contributed by atoms with Gasteiger partial charge in [0, 0.05) is 52.5 Å². The molecule has 0 spiro atoms. The van der Waals surface area contributed by atoms with Crippen molar-refractivity contribution < 1.29 is 9.21 Å². The molecule has 0 radical (unpaired) electrons. The molecule has 0 saturated heterocycles. The molecule has 4 nitrogen and oxygen atoms in total. The van der Waals surface area contributed by atoms with E-state index in [2.05, 4.69) is 28.5 Å². The standard InChI is InChI=1S/C27H26N2O2S/c30-27(21-9-2-1-3-10-21)29-17-24-23-15-22(32-18-19-6-4-7-19)11-12-25(23)31-26(24)14-20-8-5-13-28-16-20/h1-3,5,8-13,15-16,19H,4,6-7,14,17-18H2,(H,29,30). The fraction of sp³-hybridized carbons (Fsp3) is 0.259. The van der Waals surface area contributed by atoms with Gasteiger partial charge in [0.05, 0.1) is 0 Å². The van der Waals surface area contributed by atoms with Gasteiger partial charge >= 0.3 is 0 Å². The van der Waals surface area contributed by atoms with Crippen LogP contribution >= 0.6 is 11.8 Å². The minimum atomic E-state index is -0.0807. The minimum Gasteiger partial charge on any atom is -0.460 e. The third kappa shape index (κ3) is 4.73. The number of amides is 1. The summed E-state index contributed by atoms with van der Waals surface area (Å²) in [4.78, 5) is 18.2. The summed E-state index contributed by atoms with van der Waals surface area (Å²) in [7, 11) is 0. The highest BCUT2D eigenvalue weighted by atomic mass is 32.2. The van der Waals surface area contributed by atoms with Gasteiger partial charge in [-0.15, -0.1) is 11.8 Å². The van der Waals surface area contributed by atoms with Crippen molar-refractivity contribution in [1.29, 1.82) is 0 Å². The van der Waals surface area contributed by atoms with Gasteiger partial charge in [-0.3, -0.25) is 9.78 Å². The lowest BCUT2D eigenvalue weighted by atomic mass is 9.87. The SMILES string of the molecule is O=C(NCc1c(Cc2cccnc2)oc2ccc(SCC3CCC3)cc12)c1ccccc1. The molecule has 4 aromatic rings. The topological polar surface area (TPSA) is 55.1 Å². The minimum absolute atomic E-state index is 0.0807. The molecule has 1 aliphatic carbocycles. The van der Waals surface area contributed by atoms with E-state index >= 15 is 0 Å². The molecule has 5 rings (SSSR count). The zero-order valence-electron chi connectivity index (χ0n) is 17.9. The molecule has 2 aromatic heterocycles. The quantitative estimate of drug-likeness (QED) is 0.328. The molecule has 0 unspecified atom stereocenters. The molecule has 0 bridgehead atoms. The zero-order valence-corrected chi connectivity index (χ0v) is 18.7. The first-order valence-corrected chi connectivity index (χ1v) is 12.1. The lowest BCUT2D eigenvalue weighted by Crippen LogP contribution is -2.23. The second-order valence-electron chi connectivity index (χ2n) is 8.36. The second kappa shape index (κ2) is 9.61. The van der Waals surface area contributed by atoms with Gasteiger partial charge < -0.3 is 9.73 Å². The van der Waals surface area contributed by atoms with Gasteiger partial charge in [0.2, 0.25) is 0 Å². The number of nitrogens with zero attached hydrogens (tertiary/aromatic N) is 1. The van der Waals surface area contributed by atoms with Gasteiger partial charge in [-0.05, 0) is 60.7 Å². The van der Waals surface area contributed by atoms with Crippen molar-refractivity contribution in [3.05, 3.63) is 95.5 Å². The lowest BCUT2D eigenvalue weighted by molar-refractivity contribution is 0.0951. The van der Waals surface area contributed by atoms with Crippen LogP contribution in [0.3, 0.4) is 0 Å². The number of fused-ring (bicyclic) bond motifs is 1. The second-order valence-corrected chi connectivity index (χ2v) is 9.45. The molecule has 0 atom stereocenters. The summed E-state index contributed by atoms with van der Waals surface area (Å²) >= 11 is 1.92. The third-order valence-electron chi connectivity index (χ3n) is 6.11. The van der Waals surface area contributed by atoms with Gasteiger partial charge in [0.1, 0.15) is 11.3 Å². The number of rotatable bonds is 8. The molecule has 5 heteroatoms. The van der Waals surface area contributed by atoms with E-state index in [1.165, 1.54) is 29.9 Å². The van der Waals surface area contributed by atoms with Crippen molar-refractivity contribution in [3.8, 4) is 0 Å². The van der Waals surface area contributed by atoms with Gasteiger partial charge in [-0.25, -0.2) is 0 Å². The first kappa shape index (κ1) is 20.8. The number of carbonyl (C=O) groups excluding carboxylic acids is 1. The first-order chi connectivity index (χ1) is 15.8. The normalized spacial score (nSPS) is 13.8. The van der Waals surface area contributed by atoms with Gasteiger partial charge in [0.25, 0.3) is 5.91 Å². The Bertz CT molecular complexity index is 1200. The van der Waals surface area contributed by atoms with E-state index < -0.39 is 0 Å². The Kier molecular flexibility index (Phi) is 6.26. The number of furan rings is 1. The van der Waals surface area contributed by atoms with Crippen LogP contribution in [0.1, 0.15) is 46.5 Å².